The summed E-state index contributed by atoms with van der Waals surface area (Å²) in [4.78, 5) is 42.3. The van der Waals surface area contributed by atoms with Gasteiger partial charge in [-0.25, -0.2) is 0 Å². The van der Waals surface area contributed by atoms with Crippen LogP contribution in [-0.2, 0) is 9.59 Å². The van der Waals surface area contributed by atoms with Gasteiger partial charge in [0.1, 0.15) is 12.3 Å². The molecule has 3 fully saturated rings. The third kappa shape index (κ3) is 3.49. The van der Waals surface area contributed by atoms with E-state index in [0.717, 1.165) is 6.42 Å². The van der Waals surface area contributed by atoms with Gasteiger partial charge < -0.3 is 19.8 Å². The van der Waals surface area contributed by atoms with Gasteiger partial charge >= 0.3 is 0 Å². The van der Waals surface area contributed by atoms with Crippen LogP contribution < -0.4 is 0 Å². The van der Waals surface area contributed by atoms with Crippen molar-refractivity contribution < 1.29 is 19.5 Å². The molecule has 3 aliphatic heterocycles. The predicted octanol–water partition coefficient (Wildman–Crippen LogP) is 1.20. The first kappa shape index (κ1) is 18.5. The van der Waals surface area contributed by atoms with Crippen molar-refractivity contribution in [3.05, 3.63) is 28.8 Å². The Labute approximate surface area is 157 Å². The number of nitrogens with zero attached hydrogens (tertiary/aromatic N) is 3. The van der Waals surface area contributed by atoms with Crippen LogP contribution in [0, 0.1) is 5.92 Å². The minimum atomic E-state index is -0.351. The number of halogens is 1. The average molecular weight is 380 g/mol. The molecule has 0 saturated carbocycles. The molecule has 1 aromatic rings. The molecule has 8 heteroatoms. The Balaban J connectivity index is 1.83. The van der Waals surface area contributed by atoms with Crippen molar-refractivity contribution in [2.45, 2.75) is 18.9 Å². The quantitative estimate of drug-likeness (QED) is 0.855. The number of rotatable bonds is 3. The Morgan fingerprint density at radius 1 is 1.27 bits per heavy atom. The molecule has 0 spiro atoms. The van der Waals surface area contributed by atoms with Crippen LogP contribution in [0.5, 0.6) is 5.75 Å². The van der Waals surface area contributed by atoms with Crippen LogP contribution in [0.15, 0.2) is 18.2 Å². The normalized spacial score (nSPS) is 22.3. The molecule has 3 saturated heterocycles. The lowest BCUT2D eigenvalue weighted by Gasteiger charge is -2.35. The summed E-state index contributed by atoms with van der Waals surface area (Å²) in [6.45, 7) is 0.651. The first-order valence-corrected chi connectivity index (χ1v) is 8.94. The van der Waals surface area contributed by atoms with Crippen molar-refractivity contribution in [2.24, 2.45) is 5.92 Å². The first-order chi connectivity index (χ1) is 12.3. The van der Waals surface area contributed by atoms with Crippen LogP contribution in [0.2, 0.25) is 5.02 Å². The highest BCUT2D eigenvalue weighted by Gasteiger charge is 2.43. The second-order valence-electron chi connectivity index (χ2n) is 7.05. The summed E-state index contributed by atoms with van der Waals surface area (Å²) in [6, 6.07) is 4.13. The van der Waals surface area contributed by atoms with Crippen molar-refractivity contribution in [3.8, 4) is 5.75 Å². The third-order valence-electron chi connectivity index (χ3n) is 5.07. The predicted molar refractivity (Wildman–Crippen MR) is 95.9 cm³/mol. The molecule has 7 nitrogen and oxygen atoms in total. The lowest BCUT2D eigenvalue weighted by Crippen LogP contribution is -2.51. The smallest absolute Gasteiger partial charge is 0.257 e. The molecule has 1 aromatic carbocycles. The zero-order chi connectivity index (χ0) is 19.0. The second-order valence-corrected chi connectivity index (χ2v) is 7.49. The lowest BCUT2D eigenvalue weighted by atomic mass is 9.94. The number of hydrogen-bond donors (Lipinski definition) is 1. The monoisotopic (exact) mass is 379 g/mol. The molecule has 0 aliphatic carbocycles. The van der Waals surface area contributed by atoms with Crippen molar-refractivity contribution in [2.75, 3.05) is 33.7 Å². The number of phenolic OH excluding ortho intramolecular Hbond substituents is 1. The number of hydrogen-bond acceptors (Lipinski definition) is 4. The van der Waals surface area contributed by atoms with Crippen LogP contribution in [0.25, 0.3) is 0 Å². The van der Waals surface area contributed by atoms with Crippen LogP contribution in [0.3, 0.4) is 0 Å². The molecule has 2 atom stereocenters. The van der Waals surface area contributed by atoms with E-state index in [1.807, 2.05) is 0 Å². The summed E-state index contributed by atoms with van der Waals surface area (Å²) in [7, 11) is 3.31. The first-order valence-electron chi connectivity index (χ1n) is 8.56. The van der Waals surface area contributed by atoms with Crippen molar-refractivity contribution >= 4 is 29.3 Å². The third-order valence-corrected chi connectivity index (χ3v) is 5.31. The highest BCUT2D eigenvalue weighted by molar-refractivity contribution is 6.31. The van der Waals surface area contributed by atoms with Crippen LogP contribution in [-0.4, -0.2) is 77.3 Å². The van der Waals surface area contributed by atoms with E-state index in [-0.39, 0.29) is 54.1 Å². The van der Waals surface area contributed by atoms with Crippen molar-refractivity contribution in [1.29, 1.82) is 0 Å². The fraction of sp³-hybridized carbons (Fsp3) is 0.500. The zero-order valence-electron chi connectivity index (χ0n) is 14.8. The Morgan fingerprint density at radius 2 is 2.00 bits per heavy atom. The molecule has 26 heavy (non-hydrogen) atoms. The Morgan fingerprint density at radius 3 is 2.69 bits per heavy atom. The number of benzene rings is 1. The number of carbonyl (C=O) groups excluding carboxylic acids is 3. The highest BCUT2D eigenvalue weighted by atomic mass is 35.5. The van der Waals surface area contributed by atoms with Gasteiger partial charge in [0.2, 0.25) is 11.8 Å². The fourth-order valence-electron chi connectivity index (χ4n) is 3.55. The Hall–Kier alpha value is -2.28. The number of likely N-dealkylation sites (N-methyl/N-ethyl adjacent to an activating group) is 1. The van der Waals surface area contributed by atoms with Gasteiger partial charge in [-0.05, 0) is 31.0 Å². The van der Waals surface area contributed by atoms with Gasteiger partial charge in [-0.3, -0.25) is 14.4 Å². The van der Waals surface area contributed by atoms with Gasteiger partial charge in [0, 0.05) is 38.2 Å². The number of carbonyl (C=O) groups is 3. The molecule has 1 N–H and O–H groups in total. The lowest BCUT2D eigenvalue weighted by molar-refractivity contribution is -0.145. The Kier molecular flexibility index (Phi) is 5.09. The molecule has 3 amide bonds. The largest absolute Gasteiger partial charge is 0.507 e. The van der Waals surface area contributed by atoms with Crippen molar-refractivity contribution in [1.82, 2.24) is 14.7 Å². The molecule has 2 bridgehead atoms. The van der Waals surface area contributed by atoms with Gasteiger partial charge in [0.25, 0.3) is 5.91 Å². The maximum Gasteiger partial charge on any atom is 0.257 e. The highest BCUT2D eigenvalue weighted by Crippen LogP contribution is 2.31. The van der Waals surface area contributed by atoms with Crippen LogP contribution >= 0.6 is 11.6 Å². The van der Waals surface area contributed by atoms with E-state index in [1.54, 1.807) is 23.9 Å². The van der Waals surface area contributed by atoms with E-state index in [1.165, 1.54) is 23.1 Å². The molecule has 3 heterocycles. The number of phenols is 1. The minimum Gasteiger partial charge on any atom is -0.507 e. The van der Waals surface area contributed by atoms with Gasteiger partial charge in [-0.15, -0.1) is 0 Å². The maximum atomic E-state index is 12.9. The molecule has 0 unspecified atom stereocenters. The summed E-state index contributed by atoms with van der Waals surface area (Å²) in [5.41, 5.74) is 0.127. The molecule has 3 aliphatic rings. The average Bonchev–Trinajstić information content (AvgIpc) is 2.89. The Bertz CT molecular complexity index is 752. The van der Waals surface area contributed by atoms with E-state index in [4.69, 9.17) is 11.6 Å². The molecule has 0 aromatic heterocycles. The topological polar surface area (TPSA) is 81.2 Å². The van der Waals surface area contributed by atoms with E-state index in [2.05, 4.69) is 0 Å². The summed E-state index contributed by atoms with van der Waals surface area (Å²) in [5, 5.41) is 10.4. The minimum absolute atomic E-state index is 0.0252. The molecule has 0 radical (unpaired) electrons. The van der Waals surface area contributed by atoms with E-state index < -0.39 is 0 Å². The summed E-state index contributed by atoms with van der Waals surface area (Å²) >= 11 is 5.95. The molecular formula is C18H22ClN3O4. The maximum absolute atomic E-state index is 12.9. The standard InChI is InChI=1S/C18H22ClN3O4/c1-20(2)16(24)10-22-13-5-3-11(17(22)25)8-21(9-13)18(26)14-7-12(19)4-6-15(14)23/h4,6-7,11,13,23H,3,5,8-10H2,1-2H3/t11-,13+/m1/s1. The summed E-state index contributed by atoms with van der Waals surface area (Å²) < 4.78 is 0. The summed E-state index contributed by atoms with van der Waals surface area (Å²) in [6.07, 6.45) is 1.45. The summed E-state index contributed by atoms with van der Waals surface area (Å²) in [5.74, 6) is -1.04. The van der Waals surface area contributed by atoms with E-state index >= 15 is 0 Å². The van der Waals surface area contributed by atoms with Gasteiger partial charge in [0.05, 0.1) is 11.5 Å². The number of amides is 3. The van der Waals surface area contributed by atoms with E-state index in [0.29, 0.717) is 18.0 Å². The van der Waals surface area contributed by atoms with Crippen LogP contribution in [0.1, 0.15) is 23.2 Å². The van der Waals surface area contributed by atoms with Gasteiger partial charge in [-0.1, -0.05) is 11.6 Å². The molecule has 4 rings (SSSR count). The number of aromatic hydroxyl groups is 1. The molecule has 140 valence electrons. The molecular weight excluding hydrogens is 358 g/mol. The van der Waals surface area contributed by atoms with Gasteiger partial charge in [-0.2, -0.15) is 0 Å². The SMILES string of the molecule is CN(C)C(=O)CN1C(=O)[C@@H]2CC[C@H]1CN(C(=O)c1cc(Cl)ccc1O)C2. The van der Waals surface area contributed by atoms with Crippen molar-refractivity contribution in [3.63, 3.8) is 0 Å². The van der Waals surface area contributed by atoms with Crippen LogP contribution in [0.4, 0.5) is 0 Å². The second kappa shape index (κ2) is 7.15. The van der Waals surface area contributed by atoms with E-state index in [9.17, 15) is 19.5 Å². The fourth-order valence-corrected chi connectivity index (χ4v) is 3.72. The zero-order valence-corrected chi connectivity index (χ0v) is 15.6. The number of piperidine rings is 1. The van der Waals surface area contributed by atoms with Gasteiger partial charge in [0.15, 0.2) is 0 Å². The number of fused-ring (bicyclic) bond motifs is 4.